The zero-order valence-corrected chi connectivity index (χ0v) is 15.3. The van der Waals surface area contributed by atoms with Crippen LogP contribution in [0.4, 0.5) is 0 Å². The standard InChI is InChI=1S/C22H38O/c1-3-5-18-6-9-19(10-7-18)20-11-13-21(14-12-20)22-15-8-17(4-2)16-23-22/h4,17-22H,2-3,5-16H2,1H3. The fraction of sp³-hybridized carbons (Fsp3) is 0.909. The van der Waals surface area contributed by atoms with Crippen LogP contribution in [-0.2, 0) is 4.74 Å². The summed E-state index contributed by atoms with van der Waals surface area (Å²) in [5, 5.41) is 0. The molecule has 0 aromatic heterocycles. The maximum Gasteiger partial charge on any atom is 0.0603 e. The van der Waals surface area contributed by atoms with Crippen molar-refractivity contribution in [3.05, 3.63) is 12.7 Å². The molecule has 1 saturated heterocycles. The summed E-state index contributed by atoms with van der Waals surface area (Å²) in [6.45, 7) is 7.19. The molecule has 3 fully saturated rings. The average molecular weight is 319 g/mol. The number of hydrogen-bond acceptors (Lipinski definition) is 1. The van der Waals surface area contributed by atoms with Crippen molar-refractivity contribution in [3.8, 4) is 0 Å². The first kappa shape index (κ1) is 17.5. The van der Waals surface area contributed by atoms with E-state index in [2.05, 4.69) is 19.6 Å². The lowest BCUT2D eigenvalue weighted by Crippen LogP contribution is -2.35. The fourth-order valence-corrected chi connectivity index (χ4v) is 5.69. The van der Waals surface area contributed by atoms with Gasteiger partial charge in [-0.05, 0) is 75.0 Å². The van der Waals surface area contributed by atoms with Crippen molar-refractivity contribution in [2.75, 3.05) is 6.61 Å². The molecule has 132 valence electrons. The van der Waals surface area contributed by atoms with Gasteiger partial charge >= 0.3 is 0 Å². The Bertz CT molecular complexity index is 339. The maximum absolute atomic E-state index is 6.17. The molecule has 1 nitrogen and oxygen atoms in total. The Labute approximate surface area is 144 Å². The van der Waals surface area contributed by atoms with E-state index < -0.39 is 0 Å². The van der Waals surface area contributed by atoms with Crippen LogP contribution in [0.15, 0.2) is 12.7 Å². The lowest BCUT2D eigenvalue weighted by molar-refractivity contribution is -0.0519. The highest BCUT2D eigenvalue weighted by Gasteiger charge is 2.34. The zero-order valence-electron chi connectivity index (χ0n) is 15.3. The predicted octanol–water partition coefficient (Wildman–Crippen LogP) is 6.38. The minimum absolute atomic E-state index is 0.562. The highest BCUT2D eigenvalue weighted by molar-refractivity contribution is 4.88. The minimum Gasteiger partial charge on any atom is -0.377 e. The Morgan fingerprint density at radius 3 is 1.96 bits per heavy atom. The first-order valence-electron chi connectivity index (χ1n) is 10.5. The predicted molar refractivity (Wildman–Crippen MR) is 98.5 cm³/mol. The van der Waals surface area contributed by atoms with E-state index in [9.17, 15) is 0 Å². The number of ether oxygens (including phenoxy) is 1. The molecule has 2 unspecified atom stereocenters. The third-order valence-corrected chi connectivity index (χ3v) is 7.28. The van der Waals surface area contributed by atoms with Crippen LogP contribution >= 0.6 is 0 Å². The molecule has 1 heterocycles. The molecule has 0 bridgehead atoms. The van der Waals surface area contributed by atoms with E-state index in [1.165, 1.54) is 77.0 Å². The second-order valence-electron chi connectivity index (χ2n) is 8.69. The molecule has 3 rings (SSSR count). The van der Waals surface area contributed by atoms with Crippen molar-refractivity contribution >= 4 is 0 Å². The summed E-state index contributed by atoms with van der Waals surface area (Å²) < 4.78 is 6.17. The van der Waals surface area contributed by atoms with Gasteiger partial charge in [0, 0.05) is 5.92 Å². The minimum atomic E-state index is 0.562. The molecule has 2 saturated carbocycles. The maximum atomic E-state index is 6.17. The van der Waals surface area contributed by atoms with E-state index >= 15 is 0 Å². The summed E-state index contributed by atoms with van der Waals surface area (Å²) in [4.78, 5) is 0. The third kappa shape index (κ3) is 4.62. The molecule has 0 aromatic carbocycles. The van der Waals surface area contributed by atoms with Gasteiger partial charge in [-0.3, -0.25) is 0 Å². The zero-order chi connectivity index (χ0) is 16.1. The SMILES string of the molecule is C=CC1CCC(C2CCC(C3CCC(CCC)CC3)CC2)OC1. The van der Waals surface area contributed by atoms with Crippen LogP contribution in [0.25, 0.3) is 0 Å². The van der Waals surface area contributed by atoms with Crippen molar-refractivity contribution in [2.24, 2.45) is 29.6 Å². The van der Waals surface area contributed by atoms with Crippen molar-refractivity contribution in [3.63, 3.8) is 0 Å². The third-order valence-electron chi connectivity index (χ3n) is 7.28. The second kappa shape index (κ2) is 8.70. The van der Waals surface area contributed by atoms with Gasteiger partial charge in [-0.25, -0.2) is 0 Å². The van der Waals surface area contributed by atoms with E-state index in [1.807, 2.05) is 0 Å². The molecule has 0 amide bonds. The molecule has 3 aliphatic rings. The second-order valence-corrected chi connectivity index (χ2v) is 8.69. The van der Waals surface area contributed by atoms with Gasteiger partial charge in [0.2, 0.25) is 0 Å². The fourth-order valence-electron chi connectivity index (χ4n) is 5.69. The molecule has 0 radical (unpaired) electrons. The molecule has 23 heavy (non-hydrogen) atoms. The summed E-state index contributed by atoms with van der Waals surface area (Å²) in [5.41, 5.74) is 0. The van der Waals surface area contributed by atoms with Gasteiger partial charge in [0.25, 0.3) is 0 Å². The van der Waals surface area contributed by atoms with Crippen LogP contribution in [0.3, 0.4) is 0 Å². The monoisotopic (exact) mass is 318 g/mol. The van der Waals surface area contributed by atoms with Gasteiger partial charge in [0.05, 0.1) is 12.7 Å². The summed E-state index contributed by atoms with van der Waals surface area (Å²) >= 11 is 0. The molecule has 2 aliphatic carbocycles. The van der Waals surface area contributed by atoms with E-state index in [0.29, 0.717) is 12.0 Å². The first-order valence-corrected chi connectivity index (χ1v) is 10.5. The highest BCUT2D eigenvalue weighted by Crippen LogP contribution is 2.44. The first-order chi connectivity index (χ1) is 11.3. The summed E-state index contributed by atoms with van der Waals surface area (Å²) in [5.74, 6) is 4.62. The van der Waals surface area contributed by atoms with Crippen LogP contribution in [-0.4, -0.2) is 12.7 Å². The number of rotatable bonds is 5. The largest absolute Gasteiger partial charge is 0.377 e. The Morgan fingerprint density at radius 1 is 0.826 bits per heavy atom. The molecule has 0 spiro atoms. The van der Waals surface area contributed by atoms with Gasteiger partial charge in [-0.1, -0.05) is 38.7 Å². The molecular formula is C22H38O. The van der Waals surface area contributed by atoms with Crippen molar-refractivity contribution < 1.29 is 4.74 Å². The van der Waals surface area contributed by atoms with Gasteiger partial charge < -0.3 is 4.74 Å². The van der Waals surface area contributed by atoms with Crippen molar-refractivity contribution in [1.29, 1.82) is 0 Å². The van der Waals surface area contributed by atoms with Crippen LogP contribution < -0.4 is 0 Å². The summed E-state index contributed by atoms with van der Waals surface area (Å²) in [6, 6.07) is 0. The molecule has 0 aromatic rings. The Morgan fingerprint density at radius 2 is 1.43 bits per heavy atom. The van der Waals surface area contributed by atoms with Gasteiger partial charge in [-0.2, -0.15) is 0 Å². The Balaban J connectivity index is 1.38. The molecule has 1 aliphatic heterocycles. The van der Waals surface area contributed by atoms with Crippen LogP contribution in [0, 0.1) is 29.6 Å². The smallest absolute Gasteiger partial charge is 0.0603 e. The van der Waals surface area contributed by atoms with Gasteiger partial charge in [0.1, 0.15) is 0 Å². The van der Waals surface area contributed by atoms with E-state index in [-0.39, 0.29) is 0 Å². The quantitative estimate of drug-likeness (QED) is 0.534. The molecule has 0 N–H and O–H groups in total. The van der Waals surface area contributed by atoms with Gasteiger partial charge in [0.15, 0.2) is 0 Å². The molecule has 2 atom stereocenters. The van der Waals surface area contributed by atoms with Crippen molar-refractivity contribution in [1.82, 2.24) is 0 Å². The van der Waals surface area contributed by atoms with Crippen LogP contribution in [0.1, 0.15) is 84.0 Å². The highest BCUT2D eigenvalue weighted by atomic mass is 16.5. The lowest BCUT2D eigenvalue weighted by atomic mass is 9.67. The van der Waals surface area contributed by atoms with E-state index in [0.717, 1.165) is 30.3 Å². The lowest BCUT2D eigenvalue weighted by Gasteiger charge is -2.41. The summed E-state index contributed by atoms with van der Waals surface area (Å²) in [6.07, 6.45) is 20.0. The Hall–Kier alpha value is -0.300. The van der Waals surface area contributed by atoms with Crippen molar-refractivity contribution in [2.45, 2.75) is 90.1 Å². The molecule has 1 heteroatoms. The topological polar surface area (TPSA) is 9.23 Å². The van der Waals surface area contributed by atoms with Crippen LogP contribution in [0.5, 0.6) is 0 Å². The Kier molecular flexibility index (Phi) is 6.62. The number of hydrogen-bond donors (Lipinski definition) is 0. The molecular weight excluding hydrogens is 280 g/mol. The van der Waals surface area contributed by atoms with Crippen LogP contribution in [0.2, 0.25) is 0 Å². The van der Waals surface area contributed by atoms with Gasteiger partial charge in [-0.15, -0.1) is 6.58 Å². The van der Waals surface area contributed by atoms with E-state index in [4.69, 9.17) is 4.74 Å². The summed E-state index contributed by atoms with van der Waals surface area (Å²) in [7, 11) is 0. The average Bonchev–Trinajstić information content (AvgIpc) is 2.63. The normalized spacial score (nSPS) is 42.3. The van der Waals surface area contributed by atoms with E-state index in [1.54, 1.807) is 0 Å².